The average Bonchev–Trinajstić information content (AvgIpc) is 2.90. The van der Waals surface area contributed by atoms with Crippen LogP contribution in [0, 0.1) is 6.92 Å². The van der Waals surface area contributed by atoms with Crippen molar-refractivity contribution in [2.45, 2.75) is 13.5 Å². The predicted molar refractivity (Wildman–Crippen MR) is 69.5 cm³/mol. The number of nitrogens with zero attached hydrogens (tertiary/aromatic N) is 3. The summed E-state index contributed by atoms with van der Waals surface area (Å²) < 4.78 is 5.43. The zero-order valence-corrected chi connectivity index (χ0v) is 11.0. The summed E-state index contributed by atoms with van der Waals surface area (Å²) in [6.07, 6.45) is 1.41. The van der Waals surface area contributed by atoms with E-state index in [0.29, 0.717) is 18.1 Å². The number of H-pyrrole nitrogens is 1. The number of aryl methyl sites for hydroxylation is 1. The van der Waals surface area contributed by atoms with Crippen LogP contribution in [0.3, 0.4) is 0 Å². The molecular weight excluding hydrogens is 244 g/mol. The highest BCUT2D eigenvalue weighted by atomic mass is 16.5. The summed E-state index contributed by atoms with van der Waals surface area (Å²) in [4.78, 5) is 17.4. The summed E-state index contributed by atoms with van der Waals surface area (Å²) >= 11 is 0. The standard InChI is InChI=1S/C13H16N4O2/c1-10-3-5-11(6-4-10)19-8-13(18)17(2)7-12-14-9-15-16-12/h3-6,9H,7-8H2,1-2H3,(H,14,15,16). The number of aromatic nitrogens is 3. The molecule has 0 atom stereocenters. The van der Waals surface area contributed by atoms with Crippen LogP contribution in [0.1, 0.15) is 11.4 Å². The van der Waals surface area contributed by atoms with Crippen LogP contribution in [-0.2, 0) is 11.3 Å². The van der Waals surface area contributed by atoms with Gasteiger partial charge in [-0.05, 0) is 19.1 Å². The van der Waals surface area contributed by atoms with Crippen LogP contribution >= 0.6 is 0 Å². The molecule has 1 N–H and O–H groups in total. The van der Waals surface area contributed by atoms with Crippen LogP contribution in [0.5, 0.6) is 5.75 Å². The quantitative estimate of drug-likeness (QED) is 0.875. The summed E-state index contributed by atoms with van der Waals surface area (Å²) in [5, 5.41) is 6.44. The number of hydrogen-bond acceptors (Lipinski definition) is 4. The first-order valence-corrected chi connectivity index (χ1v) is 5.93. The molecule has 0 unspecified atom stereocenters. The smallest absolute Gasteiger partial charge is 0.260 e. The Hall–Kier alpha value is -2.37. The van der Waals surface area contributed by atoms with Gasteiger partial charge in [0.15, 0.2) is 6.61 Å². The van der Waals surface area contributed by atoms with Crippen molar-refractivity contribution in [1.29, 1.82) is 0 Å². The maximum Gasteiger partial charge on any atom is 0.260 e. The van der Waals surface area contributed by atoms with Crippen molar-refractivity contribution in [2.24, 2.45) is 0 Å². The molecule has 19 heavy (non-hydrogen) atoms. The van der Waals surface area contributed by atoms with Gasteiger partial charge in [-0.1, -0.05) is 17.7 Å². The van der Waals surface area contributed by atoms with Gasteiger partial charge in [-0.2, -0.15) is 5.10 Å². The Bertz CT molecular complexity index is 522. The normalized spacial score (nSPS) is 10.2. The Balaban J connectivity index is 1.82. The fourth-order valence-electron chi connectivity index (χ4n) is 1.51. The van der Waals surface area contributed by atoms with Gasteiger partial charge >= 0.3 is 0 Å². The largest absolute Gasteiger partial charge is 0.484 e. The summed E-state index contributed by atoms with van der Waals surface area (Å²) in [6, 6.07) is 7.58. The number of hydrogen-bond donors (Lipinski definition) is 1. The maximum absolute atomic E-state index is 11.8. The summed E-state index contributed by atoms with van der Waals surface area (Å²) in [5.41, 5.74) is 1.15. The van der Waals surface area contributed by atoms with E-state index in [0.717, 1.165) is 5.56 Å². The molecule has 0 aliphatic rings. The monoisotopic (exact) mass is 260 g/mol. The lowest BCUT2D eigenvalue weighted by molar-refractivity contribution is -0.132. The van der Waals surface area contributed by atoms with E-state index in [1.165, 1.54) is 11.2 Å². The molecule has 6 nitrogen and oxygen atoms in total. The molecule has 0 fully saturated rings. The van der Waals surface area contributed by atoms with Crippen molar-refractivity contribution in [1.82, 2.24) is 20.1 Å². The lowest BCUT2D eigenvalue weighted by Gasteiger charge is -2.15. The van der Waals surface area contributed by atoms with E-state index in [2.05, 4.69) is 15.2 Å². The number of carbonyl (C=O) groups is 1. The van der Waals surface area contributed by atoms with Crippen LogP contribution in [0.25, 0.3) is 0 Å². The van der Waals surface area contributed by atoms with E-state index >= 15 is 0 Å². The topological polar surface area (TPSA) is 71.1 Å². The van der Waals surface area contributed by atoms with Crippen molar-refractivity contribution in [3.05, 3.63) is 42.0 Å². The number of rotatable bonds is 5. The van der Waals surface area contributed by atoms with E-state index in [1.54, 1.807) is 7.05 Å². The summed E-state index contributed by atoms with van der Waals surface area (Å²) in [5.74, 6) is 1.22. The number of amides is 1. The molecule has 0 radical (unpaired) electrons. The van der Waals surface area contributed by atoms with Crippen molar-refractivity contribution in [3.63, 3.8) is 0 Å². The van der Waals surface area contributed by atoms with Crippen LogP contribution in [0.4, 0.5) is 0 Å². The second-order valence-electron chi connectivity index (χ2n) is 4.28. The summed E-state index contributed by atoms with van der Waals surface area (Å²) in [7, 11) is 1.70. The minimum atomic E-state index is -0.114. The molecule has 0 saturated carbocycles. The number of aromatic amines is 1. The van der Waals surface area contributed by atoms with Crippen LogP contribution in [0.2, 0.25) is 0 Å². The molecule has 1 aromatic heterocycles. The predicted octanol–water partition coefficient (Wildman–Crippen LogP) is 1.15. The minimum Gasteiger partial charge on any atom is -0.484 e. The molecule has 0 spiro atoms. The Kier molecular flexibility index (Phi) is 4.12. The number of ether oxygens (including phenoxy) is 1. The first kappa shape index (κ1) is 13.1. The van der Waals surface area contributed by atoms with E-state index in [1.807, 2.05) is 31.2 Å². The third kappa shape index (κ3) is 3.80. The fraction of sp³-hybridized carbons (Fsp3) is 0.308. The molecule has 100 valence electrons. The molecule has 0 aliphatic heterocycles. The lowest BCUT2D eigenvalue weighted by atomic mass is 10.2. The third-order valence-corrected chi connectivity index (χ3v) is 2.66. The molecule has 2 rings (SSSR count). The van der Waals surface area contributed by atoms with Crippen LogP contribution in [-0.4, -0.2) is 39.6 Å². The molecule has 2 aromatic rings. The maximum atomic E-state index is 11.8. The second kappa shape index (κ2) is 5.99. The molecule has 1 amide bonds. The molecule has 0 bridgehead atoms. The van der Waals surface area contributed by atoms with Crippen molar-refractivity contribution < 1.29 is 9.53 Å². The lowest BCUT2D eigenvalue weighted by Crippen LogP contribution is -2.31. The highest BCUT2D eigenvalue weighted by Crippen LogP contribution is 2.11. The van der Waals surface area contributed by atoms with Gasteiger partial charge in [-0.25, -0.2) is 4.98 Å². The van der Waals surface area contributed by atoms with Crippen molar-refractivity contribution >= 4 is 5.91 Å². The number of likely N-dealkylation sites (N-methyl/N-ethyl adjacent to an activating group) is 1. The Morgan fingerprint density at radius 2 is 2.11 bits per heavy atom. The van der Waals surface area contributed by atoms with Crippen LogP contribution < -0.4 is 4.74 Å². The van der Waals surface area contributed by atoms with Crippen LogP contribution in [0.15, 0.2) is 30.6 Å². The zero-order valence-electron chi connectivity index (χ0n) is 11.0. The molecule has 6 heteroatoms. The average molecular weight is 260 g/mol. The Labute approximate surface area is 111 Å². The van der Waals surface area contributed by atoms with Gasteiger partial charge in [-0.3, -0.25) is 9.89 Å². The first-order valence-electron chi connectivity index (χ1n) is 5.93. The highest BCUT2D eigenvalue weighted by Gasteiger charge is 2.11. The number of benzene rings is 1. The van der Waals surface area contributed by atoms with Gasteiger partial charge in [0.25, 0.3) is 5.91 Å². The van der Waals surface area contributed by atoms with E-state index in [9.17, 15) is 4.79 Å². The van der Waals surface area contributed by atoms with Gasteiger partial charge in [0.05, 0.1) is 6.54 Å². The van der Waals surface area contributed by atoms with E-state index in [4.69, 9.17) is 4.74 Å². The Morgan fingerprint density at radius 1 is 1.37 bits per heavy atom. The third-order valence-electron chi connectivity index (χ3n) is 2.66. The number of carbonyl (C=O) groups excluding carboxylic acids is 1. The minimum absolute atomic E-state index is 0.00764. The van der Waals surface area contributed by atoms with Gasteiger partial charge in [-0.15, -0.1) is 0 Å². The number of nitrogens with one attached hydrogen (secondary N) is 1. The van der Waals surface area contributed by atoms with E-state index in [-0.39, 0.29) is 12.5 Å². The molecular formula is C13H16N4O2. The second-order valence-corrected chi connectivity index (χ2v) is 4.28. The Morgan fingerprint density at radius 3 is 2.74 bits per heavy atom. The zero-order chi connectivity index (χ0) is 13.7. The molecule has 1 heterocycles. The first-order chi connectivity index (χ1) is 9.15. The van der Waals surface area contributed by atoms with Crippen molar-refractivity contribution in [2.75, 3.05) is 13.7 Å². The van der Waals surface area contributed by atoms with Crippen molar-refractivity contribution in [3.8, 4) is 5.75 Å². The fourth-order valence-corrected chi connectivity index (χ4v) is 1.51. The van der Waals surface area contributed by atoms with E-state index < -0.39 is 0 Å². The molecule has 0 aliphatic carbocycles. The van der Waals surface area contributed by atoms with Gasteiger partial charge in [0, 0.05) is 7.05 Å². The van der Waals surface area contributed by atoms with Gasteiger partial charge in [0.1, 0.15) is 17.9 Å². The highest BCUT2D eigenvalue weighted by molar-refractivity contribution is 5.77. The summed E-state index contributed by atoms with van der Waals surface area (Å²) in [6.45, 7) is 2.39. The molecule has 1 aromatic carbocycles. The SMILES string of the molecule is Cc1ccc(OCC(=O)N(C)Cc2ncn[nH]2)cc1. The van der Waals surface area contributed by atoms with Gasteiger partial charge < -0.3 is 9.64 Å². The molecule has 0 saturated heterocycles. The van der Waals surface area contributed by atoms with Gasteiger partial charge in [0.2, 0.25) is 0 Å².